The highest BCUT2D eigenvalue weighted by Gasteiger charge is 2.14. The fourth-order valence-corrected chi connectivity index (χ4v) is 3.16. The van der Waals surface area contributed by atoms with Gasteiger partial charge < -0.3 is 19.5 Å². The van der Waals surface area contributed by atoms with Gasteiger partial charge in [-0.25, -0.2) is 0 Å². The molecule has 1 aromatic carbocycles. The summed E-state index contributed by atoms with van der Waals surface area (Å²) < 4.78 is 18.0. The van der Waals surface area contributed by atoms with E-state index in [1.165, 1.54) is 0 Å². The van der Waals surface area contributed by atoms with Crippen LogP contribution >= 0.6 is 0 Å². The van der Waals surface area contributed by atoms with E-state index >= 15 is 0 Å². The normalized spacial score (nSPS) is 10.6. The number of aromatic nitrogens is 2. The number of nitrogens with one attached hydrogen (secondary N) is 1. The molecule has 0 saturated carbocycles. The molecule has 1 aromatic heterocycles. The van der Waals surface area contributed by atoms with Crippen molar-refractivity contribution in [1.82, 2.24) is 15.1 Å². The summed E-state index contributed by atoms with van der Waals surface area (Å²) in [6, 6.07) is 3.63. The van der Waals surface area contributed by atoms with Crippen LogP contribution in [0.5, 0.6) is 17.2 Å². The lowest BCUT2D eigenvalue weighted by Gasteiger charge is -2.15. The van der Waals surface area contributed by atoms with Gasteiger partial charge in [-0.3, -0.25) is 9.48 Å². The minimum absolute atomic E-state index is 0.0177. The fourth-order valence-electron chi connectivity index (χ4n) is 3.16. The summed E-state index contributed by atoms with van der Waals surface area (Å²) >= 11 is 0. The average Bonchev–Trinajstić information content (AvgIpc) is 2.91. The van der Waals surface area contributed by atoms with Crippen LogP contribution in [0.4, 0.5) is 0 Å². The predicted octanol–water partition coefficient (Wildman–Crippen LogP) is 2.35. The van der Waals surface area contributed by atoms with E-state index in [4.69, 9.17) is 14.2 Å². The first-order valence-corrected chi connectivity index (χ1v) is 8.95. The molecule has 1 amide bonds. The Morgan fingerprint density at radius 2 is 1.67 bits per heavy atom. The van der Waals surface area contributed by atoms with E-state index in [0.29, 0.717) is 43.1 Å². The van der Waals surface area contributed by atoms with Crippen LogP contribution in [0.15, 0.2) is 12.1 Å². The summed E-state index contributed by atoms with van der Waals surface area (Å²) in [6.07, 6.45) is 1.73. The number of carbonyl (C=O) groups is 1. The Hall–Kier alpha value is -2.70. The van der Waals surface area contributed by atoms with Crippen molar-refractivity contribution in [3.63, 3.8) is 0 Å². The van der Waals surface area contributed by atoms with Crippen LogP contribution in [0, 0.1) is 13.8 Å². The molecule has 27 heavy (non-hydrogen) atoms. The van der Waals surface area contributed by atoms with E-state index in [9.17, 15) is 4.79 Å². The Morgan fingerprint density at radius 1 is 1.04 bits per heavy atom. The Kier molecular flexibility index (Phi) is 7.10. The quantitative estimate of drug-likeness (QED) is 0.728. The minimum Gasteiger partial charge on any atom is -0.496 e. The van der Waals surface area contributed by atoms with E-state index < -0.39 is 0 Å². The number of nitrogens with zero attached hydrogens (tertiary/aromatic N) is 2. The molecule has 2 rings (SSSR count). The highest BCUT2D eigenvalue weighted by molar-refractivity contribution is 5.76. The highest BCUT2D eigenvalue weighted by atomic mass is 16.5. The van der Waals surface area contributed by atoms with E-state index in [1.54, 1.807) is 21.3 Å². The van der Waals surface area contributed by atoms with Crippen molar-refractivity contribution < 1.29 is 19.0 Å². The number of ether oxygens (including phenoxy) is 3. The molecule has 0 fully saturated rings. The van der Waals surface area contributed by atoms with Gasteiger partial charge in [0.1, 0.15) is 17.2 Å². The van der Waals surface area contributed by atoms with Gasteiger partial charge >= 0.3 is 0 Å². The molecule has 7 heteroatoms. The largest absolute Gasteiger partial charge is 0.496 e. The van der Waals surface area contributed by atoms with Crippen molar-refractivity contribution in [3.05, 3.63) is 34.6 Å². The summed E-state index contributed by atoms with van der Waals surface area (Å²) in [4.78, 5) is 12.2. The summed E-state index contributed by atoms with van der Waals surface area (Å²) in [5.41, 5.74) is 4.13. The van der Waals surface area contributed by atoms with Crippen molar-refractivity contribution in [3.8, 4) is 17.2 Å². The van der Waals surface area contributed by atoms with Crippen molar-refractivity contribution in [1.29, 1.82) is 0 Å². The molecule has 0 atom stereocenters. The molecule has 2 aromatic rings. The molecule has 0 saturated heterocycles. The number of aryl methyl sites for hydroxylation is 2. The smallest absolute Gasteiger partial charge is 0.220 e. The molecule has 7 nitrogen and oxygen atoms in total. The predicted molar refractivity (Wildman–Crippen MR) is 104 cm³/mol. The van der Waals surface area contributed by atoms with Crippen LogP contribution in [0.1, 0.15) is 28.9 Å². The minimum atomic E-state index is 0.0177. The van der Waals surface area contributed by atoms with Crippen molar-refractivity contribution >= 4 is 5.91 Å². The Labute approximate surface area is 160 Å². The number of hydrogen-bond acceptors (Lipinski definition) is 5. The van der Waals surface area contributed by atoms with E-state index in [0.717, 1.165) is 22.5 Å². The van der Waals surface area contributed by atoms with Crippen molar-refractivity contribution in [2.45, 2.75) is 33.1 Å². The first-order chi connectivity index (χ1) is 12.9. The topological polar surface area (TPSA) is 74.6 Å². The second-order valence-corrected chi connectivity index (χ2v) is 6.38. The van der Waals surface area contributed by atoms with Crippen molar-refractivity contribution in [2.24, 2.45) is 7.05 Å². The molecule has 1 heterocycles. The Bertz CT molecular complexity index is 774. The molecule has 0 radical (unpaired) electrons. The van der Waals surface area contributed by atoms with Gasteiger partial charge in [0.25, 0.3) is 0 Å². The van der Waals surface area contributed by atoms with Crippen LogP contribution in [0.3, 0.4) is 0 Å². The zero-order valence-corrected chi connectivity index (χ0v) is 17.0. The zero-order chi connectivity index (χ0) is 20.0. The van der Waals surface area contributed by atoms with Gasteiger partial charge in [0.05, 0.1) is 27.0 Å². The second-order valence-electron chi connectivity index (χ2n) is 6.38. The Morgan fingerprint density at radius 3 is 2.15 bits per heavy atom. The van der Waals surface area contributed by atoms with Crippen LogP contribution in [-0.4, -0.2) is 43.6 Å². The molecule has 0 unspecified atom stereocenters. The highest BCUT2D eigenvalue weighted by Crippen LogP contribution is 2.34. The summed E-state index contributed by atoms with van der Waals surface area (Å²) in [5, 5.41) is 7.36. The summed E-state index contributed by atoms with van der Waals surface area (Å²) in [7, 11) is 6.73. The van der Waals surface area contributed by atoms with Crippen LogP contribution in [0.2, 0.25) is 0 Å². The summed E-state index contributed by atoms with van der Waals surface area (Å²) in [6.45, 7) is 4.50. The van der Waals surface area contributed by atoms with Crippen LogP contribution in [-0.2, 0) is 24.7 Å². The molecule has 0 aliphatic heterocycles. The van der Waals surface area contributed by atoms with E-state index in [1.807, 2.05) is 37.7 Å². The number of rotatable bonds is 9. The zero-order valence-electron chi connectivity index (χ0n) is 17.0. The molecule has 0 aliphatic carbocycles. The monoisotopic (exact) mass is 375 g/mol. The maximum Gasteiger partial charge on any atom is 0.220 e. The number of hydrogen-bond donors (Lipinski definition) is 1. The van der Waals surface area contributed by atoms with E-state index in [2.05, 4.69) is 10.4 Å². The lowest BCUT2D eigenvalue weighted by molar-refractivity contribution is -0.121. The van der Waals surface area contributed by atoms with Crippen LogP contribution in [0.25, 0.3) is 0 Å². The lowest BCUT2D eigenvalue weighted by Crippen LogP contribution is -2.26. The second kappa shape index (κ2) is 9.30. The van der Waals surface area contributed by atoms with E-state index in [-0.39, 0.29) is 5.91 Å². The molecule has 0 aliphatic rings. The number of carbonyl (C=O) groups excluding carboxylic acids is 1. The first-order valence-electron chi connectivity index (χ1n) is 8.95. The number of methoxy groups -OCH3 is 3. The van der Waals surface area contributed by atoms with Gasteiger partial charge in [-0.05, 0) is 32.3 Å². The standard InChI is InChI=1S/C20H29N3O4/c1-13-16(14(2)23(3)22-13)7-8-20(24)21-10-9-17-18(26-5)11-15(25-4)12-19(17)27-6/h11-12H,7-10H2,1-6H3,(H,21,24). The van der Waals surface area contributed by atoms with Crippen LogP contribution < -0.4 is 19.5 Å². The molecular formula is C20H29N3O4. The maximum atomic E-state index is 12.2. The van der Waals surface area contributed by atoms with Gasteiger partial charge in [0.2, 0.25) is 5.91 Å². The van der Waals surface area contributed by atoms with Gasteiger partial charge in [-0.15, -0.1) is 0 Å². The SMILES string of the molecule is COc1cc(OC)c(CCNC(=O)CCc2c(C)nn(C)c2C)c(OC)c1. The molecule has 1 N–H and O–H groups in total. The van der Waals surface area contributed by atoms with Crippen molar-refractivity contribution in [2.75, 3.05) is 27.9 Å². The molecule has 0 bridgehead atoms. The summed E-state index contributed by atoms with van der Waals surface area (Å²) in [5.74, 6) is 2.05. The molecule has 148 valence electrons. The van der Waals surface area contributed by atoms with Gasteiger partial charge in [-0.2, -0.15) is 5.10 Å². The molecular weight excluding hydrogens is 346 g/mol. The number of benzene rings is 1. The third-order valence-corrected chi connectivity index (χ3v) is 4.78. The third kappa shape index (κ3) is 4.93. The van der Waals surface area contributed by atoms with Gasteiger partial charge in [-0.1, -0.05) is 0 Å². The molecule has 0 spiro atoms. The first kappa shape index (κ1) is 20.6. The van der Waals surface area contributed by atoms with Gasteiger partial charge in [0.15, 0.2) is 0 Å². The average molecular weight is 375 g/mol. The maximum absolute atomic E-state index is 12.2. The lowest BCUT2D eigenvalue weighted by atomic mass is 10.1. The van der Waals surface area contributed by atoms with Gasteiger partial charge in [0, 0.05) is 43.4 Å². The fraction of sp³-hybridized carbons (Fsp3) is 0.500. The Balaban J connectivity index is 1.93. The third-order valence-electron chi connectivity index (χ3n) is 4.78. The number of amides is 1.